The Balaban J connectivity index is 0.911. The molecule has 1 saturated heterocycles. The number of hydrogen-bond acceptors (Lipinski definition) is 14. The molecule has 0 aromatic heterocycles. The van der Waals surface area contributed by atoms with Gasteiger partial charge >= 0.3 is 0 Å². The van der Waals surface area contributed by atoms with Gasteiger partial charge in [-0.05, 0) is 31.4 Å². The van der Waals surface area contributed by atoms with Gasteiger partial charge in [0, 0.05) is 6.61 Å². The molecule has 15 nitrogen and oxygen atoms in total. The first-order chi connectivity index (χ1) is 24.8. The highest BCUT2D eigenvalue weighted by Crippen LogP contribution is 2.21. The molecule has 1 unspecified atom stereocenters. The van der Waals surface area contributed by atoms with E-state index in [1.165, 1.54) is 4.90 Å². The van der Waals surface area contributed by atoms with E-state index < -0.39 is 0 Å². The minimum atomic E-state index is -0.277. The molecule has 1 aromatic rings. The maximum atomic E-state index is 12.3. The zero-order valence-corrected chi connectivity index (χ0v) is 29.4. The number of carbonyl (C=O) groups is 2. The lowest BCUT2D eigenvalue weighted by molar-refractivity contribution is -0.169. The van der Waals surface area contributed by atoms with E-state index >= 15 is 0 Å². The van der Waals surface area contributed by atoms with Crippen LogP contribution < -0.4 is 0 Å². The first-order valence-electron chi connectivity index (χ1n) is 17.7. The lowest BCUT2D eigenvalue weighted by Gasteiger charge is -2.22. The molecule has 2 heterocycles. The first kappa shape index (κ1) is 42.3. The van der Waals surface area contributed by atoms with Crippen molar-refractivity contribution in [3.8, 4) is 0 Å². The van der Waals surface area contributed by atoms with Crippen LogP contribution in [0.2, 0.25) is 0 Å². The predicted molar refractivity (Wildman–Crippen MR) is 180 cm³/mol. The second-order valence-electron chi connectivity index (χ2n) is 11.1. The van der Waals surface area contributed by atoms with Gasteiger partial charge in [0.1, 0.15) is 0 Å². The van der Waals surface area contributed by atoms with Crippen molar-refractivity contribution in [3.05, 3.63) is 35.4 Å². The van der Waals surface area contributed by atoms with Gasteiger partial charge in [0.2, 0.25) is 0 Å². The van der Waals surface area contributed by atoms with Crippen molar-refractivity contribution < 1.29 is 66.4 Å². The van der Waals surface area contributed by atoms with Crippen LogP contribution in [-0.4, -0.2) is 175 Å². The fourth-order valence-corrected chi connectivity index (χ4v) is 4.76. The Kier molecular flexibility index (Phi) is 24.9. The highest BCUT2D eigenvalue weighted by molar-refractivity contribution is 6.21. The minimum absolute atomic E-state index is 0.0727. The Labute approximate surface area is 295 Å². The summed E-state index contributed by atoms with van der Waals surface area (Å²) in [7, 11) is 0. The second kappa shape index (κ2) is 29.5. The van der Waals surface area contributed by atoms with Crippen molar-refractivity contribution in [1.82, 2.24) is 4.90 Å². The van der Waals surface area contributed by atoms with Crippen LogP contribution in [0.5, 0.6) is 0 Å². The largest absolute Gasteiger partial charge is 0.377 e. The van der Waals surface area contributed by atoms with Crippen LogP contribution in [0.15, 0.2) is 24.3 Å². The molecule has 1 aromatic carbocycles. The third-order valence-corrected chi connectivity index (χ3v) is 7.35. The second-order valence-corrected chi connectivity index (χ2v) is 11.1. The summed E-state index contributed by atoms with van der Waals surface area (Å²) in [5.74, 6) is -0.555. The third kappa shape index (κ3) is 19.5. The number of fused-ring (bicyclic) bond motifs is 1. The number of hydrogen-bond donors (Lipinski definition) is 0. The zero-order valence-electron chi connectivity index (χ0n) is 29.4. The summed E-state index contributed by atoms with van der Waals surface area (Å²) in [4.78, 5) is 25.8. The van der Waals surface area contributed by atoms with E-state index in [0.717, 1.165) is 25.9 Å². The zero-order chi connectivity index (χ0) is 35.2. The van der Waals surface area contributed by atoms with Crippen molar-refractivity contribution >= 4 is 11.8 Å². The smallest absolute Gasteiger partial charge is 0.261 e. The first-order valence-corrected chi connectivity index (χ1v) is 17.7. The van der Waals surface area contributed by atoms with E-state index in [4.69, 9.17) is 56.8 Å². The van der Waals surface area contributed by atoms with Crippen LogP contribution in [0, 0.1) is 0 Å². The van der Waals surface area contributed by atoms with Gasteiger partial charge < -0.3 is 56.8 Å². The van der Waals surface area contributed by atoms with Crippen molar-refractivity contribution in [2.24, 2.45) is 0 Å². The number of ether oxygens (including phenoxy) is 12. The van der Waals surface area contributed by atoms with Gasteiger partial charge in [-0.25, -0.2) is 0 Å². The highest BCUT2D eigenvalue weighted by atomic mass is 16.7. The van der Waals surface area contributed by atoms with Crippen LogP contribution >= 0.6 is 0 Å². The maximum absolute atomic E-state index is 12.3. The van der Waals surface area contributed by atoms with Gasteiger partial charge in [-0.3, -0.25) is 14.5 Å². The summed E-state index contributed by atoms with van der Waals surface area (Å²) in [5.41, 5.74) is 0.884. The van der Waals surface area contributed by atoms with Gasteiger partial charge in [0.25, 0.3) is 11.8 Å². The highest BCUT2D eigenvalue weighted by Gasteiger charge is 2.34. The Morgan fingerprint density at radius 3 is 1.16 bits per heavy atom. The molecule has 0 radical (unpaired) electrons. The lowest BCUT2D eigenvalue weighted by atomic mass is 10.1. The molecule has 15 heteroatoms. The van der Waals surface area contributed by atoms with Crippen LogP contribution in [0.4, 0.5) is 0 Å². The van der Waals surface area contributed by atoms with Crippen molar-refractivity contribution in [2.75, 3.05) is 152 Å². The summed E-state index contributed by atoms with van der Waals surface area (Å²) in [6, 6.07) is 6.82. The average molecular weight is 716 g/mol. The summed E-state index contributed by atoms with van der Waals surface area (Å²) >= 11 is 0. The molecule has 0 aliphatic carbocycles. The molecule has 3 rings (SSSR count). The SMILES string of the molecule is O=C1c2ccccc2C(=O)N1CCOCCOCCOCCOCCOCCOCCOCCOCCOCCOCCOC1CCCCO1. The molecular formula is C35H57NO14. The van der Waals surface area contributed by atoms with Gasteiger partial charge in [0.05, 0.1) is 156 Å². The van der Waals surface area contributed by atoms with E-state index in [1.54, 1.807) is 24.3 Å². The number of amides is 2. The van der Waals surface area contributed by atoms with Crippen LogP contribution in [0.3, 0.4) is 0 Å². The van der Waals surface area contributed by atoms with Crippen molar-refractivity contribution in [1.29, 1.82) is 0 Å². The molecule has 1 atom stereocenters. The Bertz CT molecular complexity index is 961. The molecule has 2 amide bonds. The van der Waals surface area contributed by atoms with Gasteiger partial charge in [-0.2, -0.15) is 0 Å². The minimum Gasteiger partial charge on any atom is -0.377 e. The number of benzene rings is 1. The fourth-order valence-electron chi connectivity index (χ4n) is 4.76. The normalized spacial score (nSPS) is 16.1. The number of rotatable bonds is 34. The molecule has 1 fully saturated rings. The third-order valence-electron chi connectivity index (χ3n) is 7.35. The standard InChI is InChI=1S/C35H57NO14/c37-34-31-5-1-2-6-32(31)35(38)36(34)8-10-39-11-12-40-13-14-41-15-16-42-17-18-43-19-20-44-21-22-45-23-24-46-25-26-47-27-28-48-29-30-50-33-7-3-4-9-49-33/h1-2,5-6,33H,3-4,7-30H2. The average Bonchev–Trinajstić information content (AvgIpc) is 3.38. The number of carbonyl (C=O) groups excluding carboxylic acids is 2. The van der Waals surface area contributed by atoms with Gasteiger partial charge in [-0.15, -0.1) is 0 Å². The van der Waals surface area contributed by atoms with Crippen molar-refractivity contribution in [2.45, 2.75) is 25.6 Å². The summed E-state index contributed by atoms with van der Waals surface area (Å²) in [6.07, 6.45) is 3.17. The van der Waals surface area contributed by atoms with Gasteiger partial charge in [0.15, 0.2) is 6.29 Å². The number of nitrogens with zero attached hydrogens (tertiary/aromatic N) is 1. The van der Waals surface area contributed by atoms with E-state index in [2.05, 4.69) is 0 Å². The number of imide groups is 1. The van der Waals surface area contributed by atoms with Crippen molar-refractivity contribution in [3.63, 3.8) is 0 Å². The van der Waals surface area contributed by atoms with Crippen LogP contribution in [-0.2, 0) is 56.8 Å². The monoisotopic (exact) mass is 715 g/mol. The molecule has 0 spiro atoms. The topological polar surface area (TPSA) is 148 Å². The fraction of sp³-hybridized carbons (Fsp3) is 0.771. The quantitative estimate of drug-likeness (QED) is 0.0757. The Hall–Kier alpha value is -2.12. The predicted octanol–water partition coefficient (Wildman–Crippen LogP) is 1.99. The molecule has 2 aliphatic rings. The van der Waals surface area contributed by atoms with E-state index in [0.29, 0.717) is 143 Å². The molecule has 50 heavy (non-hydrogen) atoms. The van der Waals surface area contributed by atoms with E-state index in [-0.39, 0.29) is 31.3 Å². The molecule has 0 N–H and O–H groups in total. The molecular weight excluding hydrogens is 658 g/mol. The Morgan fingerprint density at radius 1 is 0.480 bits per heavy atom. The summed E-state index contributed by atoms with van der Waals surface area (Å²) in [6.45, 7) is 10.9. The summed E-state index contributed by atoms with van der Waals surface area (Å²) < 4.78 is 65.9. The molecule has 0 saturated carbocycles. The Morgan fingerprint density at radius 2 is 0.820 bits per heavy atom. The van der Waals surface area contributed by atoms with E-state index in [1.807, 2.05) is 0 Å². The summed E-state index contributed by atoms with van der Waals surface area (Å²) in [5, 5.41) is 0. The molecule has 2 aliphatic heterocycles. The van der Waals surface area contributed by atoms with E-state index in [9.17, 15) is 9.59 Å². The maximum Gasteiger partial charge on any atom is 0.261 e. The lowest BCUT2D eigenvalue weighted by Crippen LogP contribution is -2.33. The molecule has 0 bridgehead atoms. The molecule has 286 valence electrons. The van der Waals surface area contributed by atoms with Crippen LogP contribution in [0.1, 0.15) is 40.0 Å². The van der Waals surface area contributed by atoms with Crippen LogP contribution in [0.25, 0.3) is 0 Å². The van der Waals surface area contributed by atoms with Gasteiger partial charge in [-0.1, -0.05) is 12.1 Å².